The lowest BCUT2D eigenvalue weighted by Crippen LogP contribution is -2.26. The molecule has 0 saturated heterocycles. The molecule has 1 amide bonds. The van der Waals surface area contributed by atoms with Gasteiger partial charge in [0.1, 0.15) is 5.15 Å². The fraction of sp³-hybridized carbons (Fsp3) is 0.158. The number of nitrogens with zero attached hydrogens (tertiary/aromatic N) is 2. The molecule has 0 N–H and O–H groups in total. The molecule has 0 atom stereocenters. The molecule has 0 aliphatic heterocycles. The van der Waals surface area contributed by atoms with Gasteiger partial charge in [0.2, 0.25) is 0 Å². The molecule has 0 aliphatic carbocycles. The number of aryl methyl sites for hydroxylation is 2. The van der Waals surface area contributed by atoms with Gasteiger partial charge in [0.25, 0.3) is 5.91 Å². The topological polar surface area (TPSA) is 33.2 Å². The second-order valence-corrected chi connectivity index (χ2v) is 6.04. The van der Waals surface area contributed by atoms with Crippen LogP contribution in [-0.4, -0.2) is 17.9 Å². The number of hydrogen-bond acceptors (Lipinski definition) is 2. The van der Waals surface area contributed by atoms with Crippen molar-refractivity contribution in [2.45, 2.75) is 13.8 Å². The van der Waals surface area contributed by atoms with Gasteiger partial charge in [-0.1, -0.05) is 41.4 Å². The monoisotopic (exact) mass is 324 g/mol. The Labute approximate surface area is 140 Å². The summed E-state index contributed by atoms with van der Waals surface area (Å²) in [5.41, 5.74) is 4.25. The van der Waals surface area contributed by atoms with Gasteiger partial charge in [0.05, 0.1) is 11.1 Å². The van der Waals surface area contributed by atoms with Crippen LogP contribution in [0.1, 0.15) is 21.5 Å². The van der Waals surface area contributed by atoms with Crippen molar-refractivity contribution in [2.24, 2.45) is 0 Å². The van der Waals surface area contributed by atoms with Crippen LogP contribution < -0.4 is 4.90 Å². The van der Waals surface area contributed by atoms with Gasteiger partial charge in [-0.15, -0.1) is 0 Å². The van der Waals surface area contributed by atoms with Gasteiger partial charge in [-0.2, -0.15) is 0 Å². The van der Waals surface area contributed by atoms with Crippen LogP contribution in [0.5, 0.6) is 0 Å². The van der Waals surface area contributed by atoms with Crippen molar-refractivity contribution in [3.63, 3.8) is 0 Å². The number of fused-ring (bicyclic) bond motifs is 1. The van der Waals surface area contributed by atoms with Crippen LogP contribution in [-0.2, 0) is 0 Å². The second-order valence-electron chi connectivity index (χ2n) is 5.68. The molecule has 3 rings (SSSR count). The summed E-state index contributed by atoms with van der Waals surface area (Å²) >= 11 is 6.28. The number of pyridine rings is 1. The minimum atomic E-state index is -0.172. The average molecular weight is 325 g/mol. The van der Waals surface area contributed by atoms with Gasteiger partial charge < -0.3 is 4.90 Å². The van der Waals surface area contributed by atoms with Crippen LogP contribution in [0.25, 0.3) is 10.9 Å². The maximum absolute atomic E-state index is 12.8. The normalized spacial score (nSPS) is 10.8. The second kappa shape index (κ2) is 6.01. The first kappa shape index (κ1) is 15.5. The molecule has 0 spiro atoms. The number of para-hydroxylation sites is 1. The third kappa shape index (κ3) is 2.92. The highest BCUT2D eigenvalue weighted by Gasteiger charge is 2.19. The quantitative estimate of drug-likeness (QED) is 0.635. The Kier molecular flexibility index (Phi) is 4.05. The molecule has 2 aromatic carbocycles. The third-order valence-electron chi connectivity index (χ3n) is 3.88. The van der Waals surface area contributed by atoms with Crippen molar-refractivity contribution in [3.8, 4) is 0 Å². The van der Waals surface area contributed by atoms with Crippen LogP contribution in [0, 0.1) is 13.8 Å². The minimum absolute atomic E-state index is 0.172. The van der Waals surface area contributed by atoms with E-state index in [0.29, 0.717) is 5.56 Å². The fourth-order valence-corrected chi connectivity index (χ4v) is 2.95. The summed E-state index contributed by atoms with van der Waals surface area (Å²) in [5.74, 6) is -0.172. The molecule has 1 heterocycles. The summed E-state index contributed by atoms with van der Waals surface area (Å²) in [6.07, 6.45) is 0. The zero-order chi connectivity index (χ0) is 16.6. The Morgan fingerprint density at radius 3 is 2.48 bits per heavy atom. The van der Waals surface area contributed by atoms with E-state index in [1.165, 1.54) is 0 Å². The van der Waals surface area contributed by atoms with Crippen molar-refractivity contribution in [1.29, 1.82) is 0 Å². The molecule has 1 aromatic heterocycles. The van der Waals surface area contributed by atoms with E-state index in [0.717, 1.165) is 27.7 Å². The summed E-state index contributed by atoms with van der Waals surface area (Å²) in [6, 6.07) is 15.4. The van der Waals surface area contributed by atoms with E-state index in [1.807, 2.05) is 56.3 Å². The van der Waals surface area contributed by atoms with Gasteiger partial charge in [-0.25, -0.2) is 4.98 Å². The zero-order valence-electron chi connectivity index (χ0n) is 13.3. The maximum atomic E-state index is 12.8. The van der Waals surface area contributed by atoms with Crippen LogP contribution >= 0.6 is 11.6 Å². The molecule has 0 fully saturated rings. The Morgan fingerprint density at radius 2 is 1.78 bits per heavy atom. The standard InChI is InChI=1S/C19H17ClN2O/c1-12-9-13(2)17-14(10-12)11-16(18(20)21-17)19(23)22(3)15-7-5-4-6-8-15/h4-11H,1-3H3. The van der Waals surface area contributed by atoms with Crippen molar-refractivity contribution < 1.29 is 4.79 Å². The Bertz CT molecular complexity index is 891. The Hall–Kier alpha value is -2.39. The first-order chi connectivity index (χ1) is 11.0. The van der Waals surface area contributed by atoms with Crippen LogP contribution in [0.15, 0.2) is 48.5 Å². The maximum Gasteiger partial charge on any atom is 0.261 e. The number of anilines is 1. The Morgan fingerprint density at radius 1 is 1.09 bits per heavy atom. The molecular formula is C19H17ClN2O. The van der Waals surface area contributed by atoms with E-state index in [2.05, 4.69) is 11.1 Å². The lowest BCUT2D eigenvalue weighted by Gasteiger charge is -2.18. The predicted molar refractivity (Wildman–Crippen MR) is 95.4 cm³/mol. The van der Waals surface area contributed by atoms with Gasteiger partial charge in [0.15, 0.2) is 0 Å². The molecule has 0 bridgehead atoms. The molecule has 0 aliphatic rings. The SMILES string of the molecule is Cc1cc(C)c2nc(Cl)c(C(=O)N(C)c3ccccc3)cc2c1. The van der Waals surface area contributed by atoms with Gasteiger partial charge in [-0.05, 0) is 43.7 Å². The summed E-state index contributed by atoms with van der Waals surface area (Å²) in [6.45, 7) is 4.02. The Balaban J connectivity index is 2.09. The largest absolute Gasteiger partial charge is 0.311 e. The molecule has 23 heavy (non-hydrogen) atoms. The molecule has 0 radical (unpaired) electrons. The van der Waals surface area contributed by atoms with Crippen molar-refractivity contribution >= 4 is 34.1 Å². The molecule has 4 heteroatoms. The van der Waals surface area contributed by atoms with Crippen LogP contribution in [0.4, 0.5) is 5.69 Å². The number of hydrogen-bond donors (Lipinski definition) is 0. The van der Waals surface area contributed by atoms with Crippen molar-refractivity contribution in [3.05, 3.63) is 70.4 Å². The lowest BCUT2D eigenvalue weighted by atomic mass is 10.0. The van der Waals surface area contributed by atoms with E-state index in [4.69, 9.17) is 11.6 Å². The highest BCUT2D eigenvalue weighted by Crippen LogP contribution is 2.26. The number of rotatable bonds is 2. The number of carbonyl (C=O) groups excluding carboxylic acids is 1. The molecular weight excluding hydrogens is 308 g/mol. The molecule has 3 nitrogen and oxygen atoms in total. The number of halogens is 1. The van der Waals surface area contributed by atoms with E-state index in [9.17, 15) is 4.79 Å². The molecule has 116 valence electrons. The molecule has 0 saturated carbocycles. The highest BCUT2D eigenvalue weighted by atomic mass is 35.5. The van der Waals surface area contributed by atoms with Gasteiger partial charge in [-0.3, -0.25) is 4.79 Å². The van der Waals surface area contributed by atoms with Crippen molar-refractivity contribution in [2.75, 3.05) is 11.9 Å². The summed E-state index contributed by atoms with van der Waals surface area (Å²) in [4.78, 5) is 18.8. The number of benzene rings is 2. The van der Waals surface area contributed by atoms with E-state index in [1.54, 1.807) is 11.9 Å². The van der Waals surface area contributed by atoms with E-state index in [-0.39, 0.29) is 11.1 Å². The highest BCUT2D eigenvalue weighted by molar-refractivity contribution is 6.34. The van der Waals surface area contributed by atoms with E-state index >= 15 is 0 Å². The first-order valence-corrected chi connectivity index (χ1v) is 7.76. The minimum Gasteiger partial charge on any atom is -0.311 e. The molecule has 0 unspecified atom stereocenters. The zero-order valence-corrected chi connectivity index (χ0v) is 14.1. The first-order valence-electron chi connectivity index (χ1n) is 7.38. The number of carbonyl (C=O) groups is 1. The van der Waals surface area contributed by atoms with E-state index < -0.39 is 0 Å². The van der Waals surface area contributed by atoms with Gasteiger partial charge >= 0.3 is 0 Å². The number of amides is 1. The van der Waals surface area contributed by atoms with Crippen molar-refractivity contribution in [1.82, 2.24) is 4.98 Å². The average Bonchev–Trinajstić information content (AvgIpc) is 2.54. The van der Waals surface area contributed by atoms with Crippen LogP contribution in [0.2, 0.25) is 5.15 Å². The predicted octanol–water partition coefficient (Wildman–Crippen LogP) is 4.78. The summed E-state index contributed by atoms with van der Waals surface area (Å²) in [5, 5.41) is 1.16. The summed E-state index contributed by atoms with van der Waals surface area (Å²) in [7, 11) is 1.74. The van der Waals surface area contributed by atoms with Gasteiger partial charge in [0, 0.05) is 18.1 Å². The fourth-order valence-electron chi connectivity index (χ4n) is 2.73. The number of aromatic nitrogens is 1. The lowest BCUT2D eigenvalue weighted by molar-refractivity contribution is 0.0993. The summed E-state index contributed by atoms with van der Waals surface area (Å²) < 4.78 is 0. The third-order valence-corrected chi connectivity index (χ3v) is 4.17. The van der Waals surface area contributed by atoms with Crippen LogP contribution in [0.3, 0.4) is 0 Å². The molecule has 3 aromatic rings. The smallest absolute Gasteiger partial charge is 0.261 e.